The number of halogens is 4. The van der Waals surface area contributed by atoms with E-state index in [2.05, 4.69) is 20.2 Å². The number of hydroxylamine groups is 1. The molecule has 2 aromatic heterocycles. The summed E-state index contributed by atoms with van der Waals surface area (Å²) < 4.78 is 67.3. The minimum absolute atomic E-state index is 0.0314. The second-order valence-electron chi connectivity index (χ2n) is 11.2. The molecule has 0 radical (unpaired) electrons. The molecule has 0 saturated heterocycles. The summed E-state index contributed by atoms with van der Waals surface area (Å²) in [4.78, 5) is 34.1. The predicted molar refractivity (Wildman–Crippen MR) is 160 cm³/mol. The number of aliphatic hydroxyl groups is 2. The number of benzene rings is 2. The fourth-order valence-corrected chi connectivity index (χ4v) is 3.87. The Morgan fingerprint density at radius 1 is 1.00 bits per heavy atom. The zero-order valence-corrected chi connectivity index (χ0v) is 25.6. The molecule has 0 spiro atoms. The highest BCUT2D eigenvalue weighted by Gasteiger charge is 2.44. The van der Waals surface area contributed by atoms with Crippen LogP contribution in [-0.2, 0) is 15.0 Å². The second-order valence-corrected chi connectivity index (χ2v) is 11.2. The van der Waals surface area contributed by atoms with Crippen molar-refractivity contribution < 1.29 is 51.7 Å². The number of anilines is 2. The molecule has 3 N–H and O–H groups in total. The van der Waals surface area contributed by atoms with Gasteiger partial charge in [0.2, 0.25) is 0 Å². The molecule has 1 unspecified atom stereocenters. The molecule has 4 rings (SSSR count). The first-order valence-corrected chi connectivity index (χ1v) is 14.0. The van der Waals surface area contributed by atoms with E-state index in [4.69, 9.17) is 14.6 Å². The van der Waals surface area contributed by atoms with Gasteiger partial charge in [-0.25, -0.2) is 18.7 Å². The maximum absolute atomic E-state index is 15.1. The second kappa shape index (κ2) is 14.0. The monoisotopic (exact) mass is 661 g/mol. The van der Waals surface area contributed by atoms with E-state index < -0.39 is 53.6 Å². The van der Waals surface area contributed by atoms with Crippen molar-refractivity contribution in [1.29, 1.82) is 0 Å². The molecule has 0 saturated carbocycles. The fraction of sp³-hybridized carbons (Fsp3) is 0.290. The summed E-state index contributed by atoms with van der Waals surface area (Å²) in [7, 11) is 0. The number of rotatable bonds is 9. The fourth-order valence-electron chi connectivity index (χ4n) is 3.87. The summed E-state index contributed by atoms with van der Waals surface area (Å²) in [5, 5.41) is 25.1. The van der Waals surface area contributed by atoms with E-state index in [9.17, 15) is 27.9 Å². The van der Waals surface area contributed by atoms with Gasteiger partial charge in [-0.3, -0.25) is 4.98 Å². The van der Waals surface area contributed by atoms with Crippen molar-refractivity contribution in [2.24, 2.45) is 0 Å². The van der Waals surface area contributed by atoms with Crippen LogP contribution in [0.2, 0.25) is 0 Å². The SMILES string of the molecule is Cc1cc(Oc2ccc(NC(=O)N(OC(=O)C(F)(F)F)c3cc(C(C)(C)C)nn3-c3ccc(OCC(O)CO)cc3)c(F)c2)ccn1. The number of aliphatic hydroxyl groups excluding tert-OH is 2. The maximum Gasteiger partial charge on any atom is 0.493 e. The normalized spacial score (nSPS) is 12.3. The molecule has 2 heterocycles. The number of carbonyl (C=O) groups excluding carboxylic acids is 2. The Balaban J connectivity index is 1.69. The lowest BCUT2D eigenvalue weighted by molar-refractivity contribution is -0.199. The van der Waals surface area contributed by atoms with Crippen LogP contribution in [-0.4, -0.2) is 62.5 Å². The van der Waals surface area contributed by atoms with Gasteiger partial charge in [0.25, 0.3) is 0 Å². The van der Waals surface area contributed by atoms with E-state index in [-0.39, 0.29) is 28.9 Å². The van der Waals surface area contributed by atoms with Gasteiger partial charge in [0.15, 0.2) is 5.82 Å². The molecular formula is C31H31F4N5O7. The number of ether oxygens (including phenoxy) is 2. The molecule has 1 atom stereocenters. The topological polar surface area (TPSA) is 148 Å². The van der Waals surface area contributed by atoms with E-state index in [1.807, 2.05) is 0 Å². The van der Waals surface area contributed by atoms with Crippen molar-refractivity contribution in [2.45, 2.75) is 45.4 Å². The molecule has 4 aromatic rings. The summed E-state index contributed by atoms with van der Waals surface area (Å²) in [6.07, 6.45) is -5.13. The lowest BCUT2D eigenvalue weighted by atomic mass is 9.92. The molecule has 2 amide bonds. The van der Waals surface area contributed by atoms with Crippen LogP contribution in [0.1, 0.15) is 32.2 Å². The van der Waals surface area contributed by atoms with Crippen molar-refractivity contribution >= 4 is 23.5 Å². The Morgan fingerprint density at radius 3 is 2.26 bits per heavy atom. The minimum Gasteiger partial charge on any atom is -0.491 e. The van der Waals surface area contributed by atoms with Gasteiger partial charge in [-0.2, -0.15) is 18.3 Å². The van der Waals surface area contributed by atoms with Gasteiger partial charge in [0.05, 0.1) is 23.7 Å². The molecule has 0 aliphatic rings. The smallest absolute Gasteiger partial charge is 0.491 e. The molecule has 0 aliphatic heterocycles. The Kier molecular flexibility index (Phi) is 10.4. The number of aryl methyl sites for hydroxylation is 1. The Morgan fingerprint density at radius 2 is 1.66 bits per heavy atom. The first-order chi connectivity index (χ1) is 22.0. The van der Waals surface area contributed by atoms with Crippen LogP contribution in [0.3, 0.4) is 0 Å². The van der Waals surface area contributed by atoms with Crippen LogP contribution in [0.15, 0.2) is 66.9 Å². The summed E-state index contributed by atoms with van der Waals surface area (Å²) >= 11 is 0. The molecule has 0 aliphatic carbocycles. The Labute approximate surface area is 266 Å². The lowest BCUT2D eigenvalue weighted by Gasteiger charge is -2.22. The number of nitrogens with one attached hydrogen (secondary N) is 1. The molecule has 16 heteroatoms. The molecule has 2 aromatic carbocycles. The number of urea groups is 1. The largest absolute Gasteiger partial charge is 0.493 e. The maximum atomic E-state index is 15.1. The highest BCUT2D eigenvalue weighted by atomic mass is 19.4. The van der Waals surface area contributed by atoms with Crippen molar-refractivity contribution in [1.82, 2.24) is 14.8 Å². The first kappa shape index (κ1) is 34.6. The van der Waals surface area contributed by atoms with Gasteiger partial charge in [-0.15, -0.1) is 5.06 Å². The molecular weight excluding hydrogens is 630 g/mol. The number of carbonyl (C=O) groups is 2. The molecule has 12 nitrogen and oxygen atoms in total. The lowest BCUT2D eigenvalue weighted by Crippen LogP contribution is -2.42. The highest BCUT2D eigenvalue weighted by Crippen LogP contribution is 2.32. The standard InChI is InChI=1S/C31H31F4N5O7/c1-18-13-23(11-12-36-18)46-22-9-10-25(24(32)14-22)37-29(44)40(47-28(43)31(33,34)35)27-15-26(30(2,3)4)38-39(27)19-5-7-21(8-6-19)45-17-20(42)16-41/h5-15,20,41-42H,16-17H2,1-4H3,(H,37,44). The number of nitrogens with zero attached hydrogens (tertiary/aromatic N) is 4. The van der Waals surface area contributed by atoms with Crippen molar-refractivity contribution in [3.8, 4) is 22.9 Å². The molecule has 0 bridgehead atoms. The van der Waals surface area contributed by atoms with E-state index >= 15 is 4.39 Å². The van der Waals surface area contributed by atoms with Gasteiger partial charge >= 0.3 is 18.2 Å². The zero-order chi connectivity index (χ0) is 34.5. The van der Waals surface area contributed by atoms with Crippen molar-refractivity contribution in [3.63, 3.8) is 0 Å². The average Bonchev–Trinajstić information content (AvgIpc) is 3.45. The van der Waals surface area contributed by atoms with Crippen LogP contribution in [0.5, 0.6) is 17.2 Å². The van der Waals surface area contributed by atoms with Crippen LogP contribution in [0.4, 0.5) is 33.9 Å². The van der Waals surface area contributed by atoms with Crippen LogP contribution in [0, 0.1) is 12.7 Å². The van der Waals surface area contributed by atoms with Gasteiger partial charge < -0.3 is 29.8 Å². The third kappa shape index (κ3) is 8.95. The summed E-state index contributed by atoms with van der Waals surface area (Å²) in [5.41, 5.74) is -0.0230. The number of hydrogen-bond donors (Lipinski definition) is 3. The van der Waals surface area contributed by atoms with E-state index in [1.165, 1.54) is 42.6 Å². The van der Waals surface area contributed by atoms with Crippen LogP contribution in [0.25, 0.3) is 5.69 Å². The van der Waals surface area contributed by atoms with Crippen LogP contribution >= 0.6 is 0 Å². The highest BCUT2D eigenvalue weighted by molar-refractivity contribution is 6.01. The number of aromatic nitrogens is 3. The van der Waals surface area contributed by atoms with E-state index in [0.717, 1.165) is 16.8 Å². The Hall–Kier alpha value is -5.22. The summed E-state index contributed by atoms with van der Waals surface area (Å²) in [6.45, 7) is 6.26. The van der Waals surface area contributed by atoms with Crippen molar-refractivity contribution in [2.75, 3.05) is 23.6 Å². The third-order valence-electron chi connectivity index (χ3n) is 6.28. The third-order valence-corrected chi connectivity index (χ3v) is 6.28. The Bertz CT molecular complexity index is 1720. The van der Waals surface area contributed by atoms with Gasteiger partial charge in [-0.1, -0.05) is 20.8 Å². The van der Waals surface area contributed by atoms with Gasteiger partial charge in [-0.05, 0) is 49.4 Å². The predicted octanol–water partition coefficient (Wildman–Crippen LogP) is 5.60. The molecule has 0 fully saturated rings. The minimum atomic E-state index is -5.50. The van der Waals surface area contributed by atoms with E-state index in [0.29, 0.717) is 17.1 Å². The van der Waals surface area contributed by atoms with Gasteiger partial charge in [0, 0.05) is 35.5 Å². The first-order valence-electron chi connectivity index (χ1n) is 14.0. The summed E-state index contributed by atoms with van der Waals surface area (Å²) in [5.74, 6) is -3.47. The van der Waals surface area contributed by atoms with Crippen molar-refractivity contribution in [3.05, 3.63) is 84.1 Å². The zero-order valence-electron chi connectivity index (χ0n) is 25.6. The van der Waals surface area contributed by atoms with Crippen LogP contribution < -0.4 is 19.9 Å². The quantitative estimate of drug-likeness (QED) is 0.154. The number of amides is 2. The summed E-state index contributed by atoms with van der Waals surface area (Å²) in [6, 6.07) is 12.1. The molecule has 250 valence electrons. The average molecular weight is 662 g/mol. The number of alkyl halides is 3. The van der Waals surface area contributed by atoms with Gasteiger partial charge in [0.1, 0.15) is 35.8 Å². The number of hydrogen-bond acceptors (Lipinski definition) is 9. The van der Waals surface area contributed by atoms with E-state index in [1.54, 1.807) is 39.8 Å². The molecule has 47 heavy (non-hydrogen) atoms. The number of pyridine rings is 1.